The van der Waals surface area contributed by atoms with Crippen LogP contribution in [0.3, 0.4) is 0 Å². The van der Waals surface area contributed by atoms with E-state index in [4.69, 9.17) is 16.7 Å². The second kappa shape index (κ2) is 11.1. The zero-order valence-electron chi connectivity index (χ0n) is 14.6. The van der Waals surface area contributed by atoms with Crippen LogP contribution < -0.4 is 0 Å². The molecular formula is C20H15ClF3NOSU. The molecule has 0 unspecified atom stereocenters. The van der Waals surface area contributed by atoms with E-state index in [1.807, 2.05) is 12.1 Å². The van der Waals surface area contributed by atoms with Crippen LogP contribution in [0.4, 0.5) is 13.2 Å². The van der Waals surface area contributed by atoms with Crippen molar-refractivity contribution >= 4 is 29.0 Å². The fourth-order valence-corrected chi connectivity index (χ4v) is 3.09. The van der Waals surface area contributed by atoms with E-state index in [2.05, 4.69) is 24.6 Å². The number of rotatable bonds is 3. The molecule has 1 N–H and O–H groups in total. The van der Waals surface area contributed by atoms with Gasteiger partial charge < -0.3 is 10.1 Å². The number of nitrogens with zero attached hydrogens (tertiary/aromatic N) is 1. The number of halogens is 4. The number of thiazole rings is 1. The number of hydrogen-bond acceptors (Lipinski definition) is 3. The Kier molecular flexibility index (Phi) is 9.82. The standard InChI is InChI=1S/C12H9F3NOS.C8H6Cl.U/c1-7-10(6-17)16-11(18-7)8-2-4-9(5-3-8)12(13,14)15;1-2-7-5-3-4-6-8(7)9;/h2-5,17H,1,6H2;2-3,5-6H,1H2;/q2*-1;+2. The third kappa shape index (κ3) is 6.68. The summed E-state index contributed by atoms with van der Waals surface area (Å²) < 4.78 is 37.2. The van der Waals surface area contributed by atoms with Gasteiger partial charge in [0, 0.05) is 12.2 Å². The molecule has 0 fully saturated rings. The monoisotopic (exact) mass is 647 g/mol. The predicted molar refractivity (Wildman–Crippen MR) is 103 cm³/mol. The van der Waals surface area contributed by atoms with Gasteiger partial charge >= 0.3 is 37.3 Å². The normalized spacial score (nSPS) is 10.5. The Morgan fingerprint density at radius 3 is 2.32 bits per heavy atom. The molecule has 2 nitrogen and oxygen atoms in total. The average molecular weight is 648 g/mol. The van der Waals surface area contributed by atoms with Crippen molar-refractivity contribution in [1.29, 1.82) is 0 Å². The molecule has 1 heterocycles. The van der Waals surface area contributed by atoms with Gasteiger partial charge in [-0.05, 0) is 12.1 Å². The van der Waals surface area contributed by atoms with Crippen LogP contribution >= 0.6 is 22.9 Å². The van der Waals surface area contributed by atoms with E-state index in [1.54, 1.807) is 12.1 Å². The van der Waals surface area contributed by atoms with E-state index in [0.29, 0.717) is 26.2 Å². The summed E-state index contributed by atoms with van der Waals surface area (Å²) in [5.74, 6) is 0. The first-order valence-corrected chi connectivity index (χ1v) is 8.84. The number of aromatic nitrogens is 1. The molecule has 28 heavy (non-hydrogen) atoms. The topological polar surface area (TPSA) is 33.1 Å². The van der Waals surface area contributed by atoms with Crippen molar-refractivity contribution in [1.82, 2.24) is 4.98 Å². The van der Waals surface area contributed by atoms with Crippen LogP contribution in [0.2, 0.25) is 5.02 Å². The SMILES string of the molecule is C=Cc1cc[c-]cc1Cl.[CH2-]c1sc(-c2ccc(C(F)(F)F)cc2)nc1CO.[U+2]. The van der Waals surface area contributed by atoms with E-state index in [9.17, 15) is 13.2 Å². The molecule has 0 amide bonds. The van der Waals surface area contributed by atoms with Crippen LogP contribution in [0.1, 0.15) is 21.7 Å². The number of hydrogen-bond donors (Lipinski definition) is 1. The fourth-order valence-electron chi connectivity index (χ4n) is 2.02. The molecule has 1 aromatic heterocycles. The summed E-state index contributed by atoms with van der Waals surface area (Å²) in [6.45, 7) is 7.08. The third-order valence-electron chi connectivity index (χ3n) is 3.45. The van der Waals surface area contributed by atoms with Crippen molar-refractivity contribution in [3.05, 3.63) is 88.8 Å². The first-order chi connectivity index (χ1) is 12.8. The Labute approximate surface area is 194 Å². The third-order valence-corrected chi connectivity index (χ3v) is 4.78. The van der Waals surface area contributed by atoms with Gasteiger partial charge in [0.1, 0.15) is 5.01 Å². The zero-order valence-corrected chi connectivity index (χ0v) is 20.3. The minimum atomic E-state index is -4.34. The van der Waals surface area contributed by atoms with Gasteiger partial charge in [-0.15, -0.1) is 17.0 Å². The quantitative estimate of drug-likeness (QED) is 0.340. The molecule has 0 atom stereocenters. The van der Waals surface area contributed by atoms with Gasteiger partial charge in [0.2, 0.25) is 0 Å². The van der Waals surface area contributed by atoms with E-state index in [-0.39, 0.29) is 37.7 Å². The van der Waals surface area contributed by atoms with Gasteiger partial charge in [0.25, 0.3) is 0 Å². The smallest absolute Gasteiger partial charge is 0.408 e. The zero-order chi connectivity index (χ0) is 20.0. The summed E-state index contributed by atoms with van der Waals surface area (Å²) in [5.41, 5.74) is 1.29. The Morgan fingerprint density at radius 1 is 1.25 bits per heavy atom. The molecular weight excluding hydrogens is 633 g/mol. The van der Waals surface area contributed by atoms with Crippen molar-refractivity contribution in [2.24, 2.45) is 0 Å². The molecule has 0 radical (unpaired) electrons. The van der Waals surface area contributed by atoms with Crippen LogP contribution in [0.15, 0.2) is 49.0 Å². The largest absolute Gasteiger partial charge is 2.00 e. The number of aliphatic hydroxyl groups is 1. The average Bonchev–Trinajstić information content (AvgIpc) is 3.03. The maximum Gasteiger partial charge on any atom is 2.00 e. The van der Waals surface area contributed by atoms with Crippen molar-refractivity contribution in [2.45, 2.75) is 12.8 Å². The Balaban J connectivity index is 0.000000332. The van der Waals surface area contributed by atoms with Gasteiger partial charge in [-0.3, -0.25) is 0 Å². The van der Waals surface area contributed by atoms with Gasteiger partial charge in [-0.1, -0.05) is 28.9 Å². The van der Waals surface area contributed by atoms with Gasteiger partial charge in [-0.2, -0.15) is 60.4 Å². The van der Waals surface area contributed by atoms with E-state index in [1.165, 1.54) is 23.5 Å². The van der Waals surface area contributed by atoms with Crippen molar-refractivity contribution in [3.63, 3.8) is 0 Å². The van der Waals surface area contributed by atoms with Crippen LogP contribution in [-0.4, -0.2) is 10.1 Å². The van der Waals surface area contributed by atoms with Crippen molar-refractivity contribution < 1.29 is 49.4 Å². The molecule has 3 aromatic rings. The maximum atomic E-state index is 12.4. The summed E-state index contributed by atoms with van der Waals surface area (Å²) in [4.78, 5) is 4.73. The molecule has 144 valence electrons. The second-order valence-electron chi connectivity index (χ2n) is 5.27. The van der Waals surface area contributed by atoms with Crippen LogP contribution in [0.5, 0.6) is 0 Å². The number of alkyl halides is 3. The molecule has 0 aliphatic carbocycles. The molecule has 0 bridgehead atoms. The molecule has 0 spiro atoms. The summed E-state index contributed by atoms with van der Waals surface area (Å²) >= 11 is 6.96. The number of aliphatic hydroxyl groups excluding tert-OH is 1. The van der Waals surface area contributed by atoms with Gasteiger partial charge in [0.15, 0.2) is 0 Å². The maximum absolute atomic E-state index is 12.4. The van der Waals surface area contributed by atoms with Gasteiger partial charge in [-0.25, -0.2) is 6.92 Å². The van der Waals surface area contributed by atoms with E-state index in [0.717, 1.165) is 17.7 Å². The Morgan fingerprint density at radius 2 is 1.89 bits per heavy atom. The molecule has 2 aromatic carbocycles. The van der Waals surface area contributed by atoms with Gasteiger partial charge in [0.05, 0.1) is 5.56 Å². The fraction of sp³-hybridized carbons (Fsp3) is 0.100. The molecule has 0 aliphatic rings. The molecule has 8 heteroatoms. The predicted octanol–water partition coefficient (Wildman–Crippen LogP) is 6.29. The molecule has 0 saturated carbocycles. The van der Waals surface area contributed by atoms with Crippen LogP contribution in [0.25, 0.3) is 16.6 Å². The van der Waals surface area contributed by atoms with E-state index < -0.39 is 11.7 Å². The minimum Gasteiger partial charge on any atom is -0.408 e. The summed E-state index contributed by atoms with van der Waals surface area (Å²) in [5, 5.41) is 10.2. The van der Waals surface area contributed by atoms with Crippen molar-refractivity contribution in [3.8, 4) is 10.6 Å². The first-order valence-electron chi connectivity index (χ1n) is 7.64. The van der Waals surface area contributed by atoms with E-state index >= 15 is 0 Å². The molecule has 0 saturated heterocycles. The Hall–Kier alpha value is -1.23. The summed E-state index contributed by atoms with van der Waals surface area (Å²) in [7, 11) is 0. The summed E-state index contributed by atoms with van der Waals surface area (Å²) in [6, 6.07) is 13.0. The first kappa shape index (κ1) is 24.8. The minimum absolute atomic E-state index is 0. The second-order valence-corrected chi connectivity index (χ2v) is 6.76. The van der Waals surface area contributed by atoms with Crippen molar-refractivity contribution in [2.75, 3.05) is 0 Å². The Bertz CT molecular complexity index is 911. The molecule has 0 aliphatic heterocycles. The number of benzene rings is 2. The molecule has 3 rings (SSSR count). The summed E-state index contributed by atoms with van der Waals surface area (Å²) in [6.07, 6.45) is -2.62. The van der Waals surface area contributed by atoms with Crippen LogP contribution in [-0.2, 0) is 12.8 Å². The van der Waals surface area contributed by atoms with Crippen LogP contribution in [0, 0.1) is 44.1 Å².